The fraction of sp³-hybridized carbons (Fsp3) is 0.667. The van der Waals surface area contributed by atoms with E-state index in [9.17, 15) is 4.79 Å². The van der Waals surface area contributed by atoms with Gasteiger partial charge < -0.3 is 27.1 Å². The summed E-state index contributed by atoms with van der Waals surface area (Å²) < 4.78 is 0. The van der Waals surface area contributed by atoms with Gasteiger partial charge in [-0.3, -0.25) is 4.79 Å². The molecule has 0 fully saturated rings. The molecule has 0 aliphatic rings. The number of aliphatic carboxylic acids is 1. The van der Waals surface area contributed by atoms with Gasteiger partial charge in [0.25, 0.3) is 0 Å². The highest BCUT2D eigenvalue weighted by molar-refractivity contribution is 5.74. The Kier molecular flexibility index (Phi) is 5.37. The number of carboxylic acids is 1. The molecule has 0 aromatic heterocycles. The van der Waals surface area contributed by atoms with E-state index in [2.05, 4.69) is 9.99 Å². The predicted molar refractivity (Wildman–Crippen MR) is 46.6 cm³/mol. The van der Waals surface area contributed by atoms with Gasteiger partial charge in [-0.1, -0.05) is 0 Å². The normalized spacial score (nSPS) is 11.8. The minimum Gasteiger partial charge on any atom is -0.480 e. The molecule has 0 spiro atoms. The minimum atomic E-state index is -1.03. The van der Waals surface area contributed by atoms with E-state index in [1.54, 1.807) is 0 Å². The van der Waals surface area contributed by atoms with Crippen molar-refractivity contribution in [3.05, 3.63) is 0 Å². The first-order chi connectivity index (χ1) is 6.04. The maximum Gasteiger partial charge on any atom is 0.320 e. The number of rotatable bonds is 6. The zero-order chi connectivity index (χ0) is 10.3. The molecule has 0 radical (unpaired) electrons. The van der Waals surface area contributed by atoms with Crippen LogP contribution in [0.5, 0.6) is 0 Å². The quantitative estimate of drug-likeness (QED) is 0.172. The van der Waals surface area contributed by atoms with Crippen LogP contribution < -0.4 is 17.2 Å². The second kappa shape index (κ2) is 6.06. The third-order valence-corrected chi connectivity index (χ3v) is 1.24. The van der Waals surface area contributed by atoms with Crippen LogP contribution in [0.4, 0.5) is 0 Å². The molecule has 0 unspecified atom stereocenters. The molecular formula is C6H14N4O3. The van der Waals surface area contributed by atoms with Crippen LogP contribution in [0.3, 0.4) is 0 Å². The van der Waals surface area contributed by atoms with Gasteiger partial charge in [-0.05, 0) is 18.0 Å². The molecule has 0 saturated heterocycles. The van der Waals surface area contributed by atoms with Gasteiger partial charge in [0.2, 0.25) is 5.96 Å². The van der Waals surface area contributed by atoms with Gasteiger partial charge in [0.1, 0.15) is 12.6 Å². The summed E-state index contributed by atoms with van der Waals surface area (Å²) in [5.74, 6) is -1.19. The Balaban J connectivity index is 3.36. The molecule has 0 aromatic carbocycles. The number of hydrogen-bond acceptors (Lipinski definition) is 4. The largest absolute Gasteiger partial charge is 0.480 e. The number of carboxylic acid groups (broad SMARTS) is 1. The highest BCUT2D eigenvalue weighted by Gasteiger charge is 2.09. The standard InChI is InChI=1S/C6H14N4O3/c7-4(5(11)12)2-1-3-13-10-6(8)9/h4H,1-3,7H2,(H,11,12)(H4,8,9,10)/t4-/m0/s1. The van der Waals surface area contributed by atoms with E-state index >= 15 is 0 Å². The molecular weight excluding hydrogens is 176 g/mol. The van der Waals surface area contributed by atoms with Crippen molar-refractivity contribution in [1.29, 1.82) is 0 Å². The smallest absolute Gasteiger partial charge is 0.320 e. The summed E-state index contributed by atoms with van der Waals surface area (Å²) in [5, 5.41) is 11.6. The van der Waals surface area contributed by atoms with Gasteiger partial charge in [-0.2, -0.15) is 0 Å². The number of oxime groups is 1. The minimum absolute atomic E-state index is 0.164. The van der Waals surface area contributed by atoms with Crippen molar-refractivity contribution in [1.82, 2.24) is 0 Å². The zero-order valence-corrected chi connectivity index (χ0v) is 7.14. The highest BCUT2D eigenvalue weighted by Crippen LogP contribution is 1.95. The van der Waals surface area contributed by atoms with Crippen LogP contribution in [0.2, 0.25) is 0 Å². The summed E-state index contributed by atoms with van der Waals surface area (Å²) in [5.41, 5.74) is 15.2. The fourth-order valence-corrected chi connectivity index (χ4v) is 0.611. The number of carbonyl (C=O) groups is 1. The van der Waals surface area contributed by atoms with Gasteiger partial charge in [0.05, 0.1) is 0 Å². The third kappa shape index (κ3) is 6.88. The molecule has 0 saturated carbocycles. The summed E-state index contributed by atoms with van der Waals surface area (Å²) in [6.45, 7) is 0.249. The van der Waals surface area contributed by atoms with E-state index in [-0.39, 0.29) is 12.6 Å². The fourth-order valence-electron chi connectivity index (χ4n) is 0.611. The highest BCUT2D eigenvalue weighted by atomic mass is 16.6. The molecule has 0 aliphatic heterocycles. The van der Waals surface area contributed by atoms with Crippen LogP contribution in [0, 0.1) is 0 Å². The Hall–Kier alpha value is -1.50. The average molecular weight is 190 g/mol. The number of nitrogens with zero attached hydrogens (tertiary/aromatic N) is 1. The van der Waals surface area contributed by atoms with Crippen LogP contribution in [-0.4, -0.2) is 29.7 Å². The second-order valence-corrected chi connectivity index (χ2v) is 2.44. The topological polar surface area (TPSA) is 137 Å². The summed E-state index contributed by atoms with van der Waals surface area (Å²) in [7, 11) is 0. The van der Waals surface area contributed by atoms with Gasteiger partial charge in [0.15, 0.2) is 0 Å². The lowest BCUT2D eigenvalue weighted by Gasteiger charge is -2.04. The molecule has 0 bridgehead atoms. The predicted octanol–water partition coefficient (Wildman–Crippen LogP) is -1.62. The number of hydrogen-bond donors (Lipinski definition) is 4. The summed E-state index contributed by atoms with van der Waals surface area (Å²) in [6.07, 6.45) is 0.819. The maximum atomic E-state index is 10.2. The first-order valence-corrected chi connectivity index (χ1v) is 3.73. The maximum absolute atomic E-state index is 10.2. The van der Waals surface area contributed by atoms with E-state index in [1.165, 1.54) is 0 Å². The van der Waals surface area contributed by atoms with Crippen LogP contribution >= 0.6 is 0 Å². The second-order valence-electron chi connectivity index (χ2n) is 2.44. The van der Waals surface area contributed by atoms with Crippen LogP contribution in [0.25, 0.3) is 0 Å². The van der Waals surface area contributed by atoms with E-state index in [1.807, 2.05) is 0 Å². The number of nitrogens with two attached hydrogens (primary N) is 3. The first-order valence-electron chi connectivity index (χ1n) is 3.73. The zero-order valence-electron chi connectivity index (χ0n) is 7.14. The lowest BCUT2D eigenvalue weighted by atomic mass is 10.2. The Morgan fingerprint density at radius 1 is 1.54 bits per heavy atom. The van der Waals surface area contributed by atoms with E-state index in [0.717, 1.165) is 0 Å². The van der Waals surface area contributed by atoms with E-state index < -0.39 is 12.0 Å². The van der Waals surface area contributed by atoms with Crippen LogP contribution in [0.1, 0.15) is 12.8 Å². The molecule has 13 heavy (non-hydrogen) atoms. The van der Waals surface area contributed by atoms with Crippen molar-refractivity contribution in [2.45, 2.75) is 18.9 Å². The van der Waals surface area contributed by atoms with Crippen molar-refractivity contribution in [2.24, 2.45) is 22.4 Å². The van der Waals surface area contributed by atoms with Gasteiger partial charge in [-0.15, -0.1) is 0 Å². The lowest BCUT2D eigenvalue weighted by Crippen LogP contribution is -2.30. The first kappa shape index (κ1) is 11.5. The van der Waals surface area contributed by atoms with Crippen molar-refractivity contribution in [3.8, 4) is 0 Å². The average Bonchev–Trinajstić information content (AvgIpc) is 2.02. The van der Waals surface area contributed by atoms with Gasteiger partial charge >= 0.3 is 5.97 Å². The lowest BCUT2D eigenvalue weighted by molar-refractivity contribution is -0.138. The Labute approximate surface area is 75.5 Å². The summed E-state index contributed by atoms with van der Waals surface area (Å²) in [6, 6.07) is -0.859. The summed E-state index contributed by atoms with van der Waals surface area (Å²) >= 11 is 0. The number of guanidine groups is 1. The van der Waals surface area contributed by atoms with Crippen LogP contribution in [0.15, 0.2) is 5.16 Å². The van der Waals surface area contributed by atoms with Gasteiger partial charge in [-0.25, -0.2) is 0 Å². The van der Waals surface area contributed by atoms with Crippen molar-refractivity contribution in [3.63, 3.8) is 0 Å². The summed E-state index contributed by atoms with van der Waals surface area (Å²) in [4.78, 5) is 14.9. The molecule has 7 N–H and O–H groups in total. The molecule has 0 rings (SSSR count). The van der Waals surface area contributed by atoms with E-state index in [4.69, 9.17) is 22.3 Å². The monoisotopic (exact) mass is 190 g/mol. The van der Waals surface area contributed by atoms with Crippen molar-refractivity contribution < 1.29 is 14.7 Å². The Bertz CT molecular complexity index is 190. The molecule has 7 heteroatoms. The van der Waals surface area contributed by atoms with Crippen molar-refractivity contribution >= 4 is 11.9 Å². The van der Waals surface area contributed by atoms with Crippen LogP contribution in [-0.2, 0) is 9.63 Å². The Morgan fingerprint density at radius 3 is 2.62 bits per heavy atom. The molecule has 1 atom stereocenters. The molecule has 76 valence electrons. The molecule has 0 aliphatic carbocycles. The molecule has 0 amide bonds. The Morgan fingerprint density at radius 2 is 2.15 bits per heavy atom. The van der Waals surface area contributed by atoms with Gasteiger partial charge in [0, 0.05) is 0 Å². The molecule has 7 nitrogen and oxygen atoms in total. The molecule has 0 aromatic rings. The SMILES string of the molecule is NC(N)=NOCCC[C@H](N)C(=O)O. The van der Waals surface area contributed by atoms with Crippen molar-refractivity contribution in [2.75, 3.05) is 6.61 Å². The molecule has 0 heterocycles. The third-order valence-electron chi connectivity index (χ3n) is 1.24. The van der Waals surface area contributed by atoms with E-state index in [0.29, 0.717) is 12.8 Å².